The molecule has 0 saturated carbocycles. The third kappa shape index (κ3) is 5.30. The SMILES string of the molecule is C=C(/C=C(/C)N=C(C)CCC)C(=O)O. The first-order valence-electron chi connectivity index (χ1n) is 4.62. The number of carboxylic acid groups (broad SMARTS) is 1. The first-order chi connectivity index (χ1) is 6.47. The molecule has 0 radical (unpaired) electrons. The van der Waals surface area contributed by atoms with Crippen LogP contribution in [-0.2, 0) is 4.79 Å². The number of allylic oxidation sites excluding steroid dienone is 1. The van der Waals surface area contributed by atoms with Crippen molar-refractivity contribution in [3.05, 3.63) is 23.9 Å². The van der Waals surface area contributed by atoms with E-state index in [1.807, 2.05) is 6.92 Å². The topological polar surface area (TPSA) is 49.7 Å². The molecule has 0 amide bonds. The summed E-state index contributed by atoms with van der Waals surface area (Å²) < 4.78 is 0. The van der Waals surface area contributed by atoms with Gasteiger partial charge in [-0.3, -0.25) is 4.99 Å². The van der Waals surface area contributed by atoms with Crippen molar-refractivity contribution in [2.24, 2.45) is 4.99 Å². The van der Waals surface area contributed by atoms with E-state index in [1.54, 1.807) is 6.92 Å². The minimum Gasteiger partial charge on any atom is -0.478 e. The molecule has 3 nitrogen and oxygen atoms in total. The molecule has 0 spiro atoms. The monoisotopic (exact) mass is 195 g/mol. The van der Waals surface area contributed by atoms with Crippen LogP contribution in [0.4, 0.5) is 0 Å². The largest absolute Gasteiger partial charge is 0.478 e. The highest BCUT2D eigenvalue weighted by atomic mass is 16.4. The van der Waals surface area contributed by atoms with Crippen LogP contribution in [0.2, 0.25) is 0 Å². The standard InChI is InChI=1S/C11H17NO2/c1-5-6-9(3)12-10(4)7-8(2)11(13)14/h7H,2,5-6H2,1,3-4H3,(H,13,14)/b10-7-,12-9?. The minimum absolute atomic E-state index is 0.0653. The van der Waals surface area contributed by atoms with Crippen molar-refractivity contribution in [3.8, 4) is 0 Å². The van der Waals surface area contributed by atoms with E-state index in [-0.39, 0.29) is 5.57 Å². The summed E-state index contributed by atoms with van der Waals surface area (Å²) in [5.74, 6) is -1.01. The van der Waals surface area contributed by atoms with E-state index in [4.69, 9.17) is 5.11 Å². The summed E-state index contributed by atoms with van der Waals surface area (Å²) in [5, 5.41) is 8.58. The summed E-state index contributed by atoms with van der Waals surface area (Å²) in [6.45, 7) is 9.19. The summed E-state index contributed by atoms with van der Waals surface area (Å²) in [4.78, 5) is 14.7. The number of hydrogen-bond donors (Lipinski definition) is 1. The molecule has 0 saturated heterocycles. The van der Waals surface area contributed by atoms with Crippen LogP contribution in [0.3, 0.4) is 0 Å². The van der Waals surface area contributed by atoms with Gasteiger partial charge in [-0.1, -0.05) is 19.9 Å². The Morgan fingerprint density at radius 3 is 2.50 bits per heavy atom. The summed E-state index contributed by atoms with van der Waals surface area (Å²) in [5.41, 5.74) is 1.76. The lowest BCUT2D eigenvalue weighted by Crippen LogP contribution is -1.96. The van der Waals surface area contributed by atoms with Crippen molar-refractivity contribution < 1.29 is 9.90 Å². The van der Waals surface area contributed by atoms with Gasteiger partial charge in [-0.2, -0.15) is 0 Å². The predicted molar refractivity (Wildman–Crippen MR) is 58.5 cm³/mol. The molecule has 0 unspecified atom stereocenters. The molecule has 0 aromatic rings. The molecule has 1 N–H and O–H groups in total. The fourth-order valence-corrected chi connectivity index (χ4v) is 1.06. The number of nitrogens with zero attached hydrogens (tertiary/aromatic N) is 1. The lowest BCUT2D eigenvalue weighted by atomic mass is 10.2. The molecule has 0 rings (SSSR count). The number of hydrogen-bond acceptors (Lipinski definition) is 2. The maximum atomic E-state index is 10.5. The average molecular weight is 195 g/mol. The van der Waals surface area contributed by atoms with Crippen molar-refractivity contribution in [3.63, 3.8) is 0 Å². The van der Waals surface area contributed by atoms with Crippen LogP contribution in [-0.4, -0.2) is 16.8 Å². The second kappa shape index (κ2) is 6.13. The van der Waals surface area contributed by atoms with Crippen molar-refractivity contribution in [1.29, 1.82) is 0 Å². The molecule has 0 bridgehead atoms. The molecule has 0 aromatic heterocycles. The van der Waals surface area contributed by atoms with E-state index in [9.17, 15) is 4.79 Å². The van der Waals surface area contributed by atoms with E-state index in [0.717, 1.165) is 18.6 Å². The zero-order valence-electron chi connectivity index (χ0n) is 9.00. The Labute approximate surface area is 84.9 Å². The lowest BCUT2D eigenvalue weighted by molar-refractivity contribution is -0.132. The van der Waals surface area contributed by atoms with Crippen molar-refractivity contribution in [2.75, 3.05) is 0 Å². The summed E-state index contributed by atoms with van der Waals surface area (Å²) in [7, 11) is 0. The van der Waals surface area contributed by atoms with Crippen molar-refractivity contribution >= 4 is 11.7 Å². The van der Waals surface area contributed by atoms with Crippen LogP contribution in [0.15, 0.2) is 28.9 Å². The molecular weight excluding hydrogens is 178 g/mol. The molecule has 0 aliphatic heterocycles. The molecule has 0 aromatic carbocycles. The van der Waals surface area contributed by atoms with Gasteiger partial charge >= 0.3 is 5.97 Å². The Balaban J connectivity index is 4.47. The van der Waals surface area contributed by atoms with Gasteiger partial charge in [0.1, 0.15) is 0 Å². The maximum Gasteiger partial charge on any atom is 0.335 e. The van der Waals surface area contributed by atoms with E-state index >= 15 is 0 Å². The van der Waals surface area contributed by atoms with Crippen LogP contribution < -0.4 is 0 Å². The molecule has 14 heavy (non-hydrogen) atoms. The van der Waals surface area contributed by atoms with Gasteiger partial charge in [-0.05, 0) is 26.3 Å². The third-order valence-electron chi connectivity index (χ3n) is 1.64. The lowest BCUT2D eigenvalue weighted by Gasteiger charge is -1.98. The zero-order valence-corrected chi connectivity index (χ0v) is 9.00. The van der Waals surface area contributed by atoms with Gasteiger partial charge < -0.3 is 5.11 Å². The highest BCUT2D eigenvalue weighted by molar-refractivity contribution is 5.89. The molecule has 78 valence electrons. The minimum atomic E-state index is -1.01. The third-order valence-corrected chi connectivity index (χ3v) is 1.64. The first kappa shape index (κ1) is 12.6. The Morgan fingerprint density at radius 1 is 1.50 bits per heavy atom. The summed E-state index contributed by atoms with van der Waals surface area (Å²) in [6, 6.07) is 0. The molecular formula is C11H17NO2. The second-order valence-electron chi connectivity index (χ2n) is 3.21. The Morgan fingerprint density at radius 2 is 2.07 bits per heavy atom. The molecule has 0 aliphatic carbocycles. The van der Waals surface area contributed by atoms with E-state index in [2.05, 4.69) is 18.5 Å². The molecule has 0 atom stereocenters. The van der Waals surface area contributed by atoms with E-state index < -0.39 is 5.97 Å². The smallest absolute Gasteiger partial charge is 0.335 e. The molecule has 0 aliphatic rings. The first-order valence-corrected chi connectivity index (χ1v) is 4.62. The van der Waals surface area contributed by atoms with E-state index in [0.29, 0.717) is 5.70 Å². The fourth-order valence-electron chi connectivity index (χ4n) is 1.06. The molecule has 3 heteroatoms. The average Bonchev–Trinajstić information content (AvgIpc) is 2.03. The van der Waals surface area contributed by atoms with Gasteiger partial charge in [-0.15, -0.1) is 0 Å². The van der Waals surface area contributed by atoms with Crippen LogP contribution in [0.25, 0.3) is 0 Å². The summed E-state index contributed by atoms with van der Waals surface area (Å²) in [6.07, 6.45) is 3.45. The number of aliphatic carboxylic acids is 1. The number of carbonyl (C=O) groups is 1. The van der Waals surface area contributed by atoms with Gasteiger partial charge in [0.25, 0.3) is 0 Å². The van der Waals surface area contributed by atoms with Gasteiger partial charge in [0.2, 0.25) is 0 Å². The van der Waals surface area contributed by atoms with Gasteiger partial charge in [-0.25, -0.2) is 4.79 Å². The van der Waals surface area contributed by atoms with Crippen molar-refractivity contribution in [2.45, 2.75) is 33.6 Å². The van der Waals surface area contributed by atoms with Crippen LogP contribution >= 0.6 is 0 Å². The summed E-state index contributed by atoms with van der Waals surface area (Å²) >= 11 is 0. The highest BCUT2D eigenvalue weighted by Gasteiger charge is 1.99. The van der Waals surface area contributed by atoms with Crippen LogP contribution in [0.5, 0.6) is 0 Å². The number of carboxylic acids is 1. The number of aliphatic imine (C=N–C) groups is 1. The van der Waals surface area contributed by atoms with Gasteiger partial charge in [0.15, 0.2) is 0 Å². The Kier molecular flexibility index (Phi) is 5.53. The van der Waals surface area contributed by atoms with Crippen LogP contribution in [0, 0.1) is 0 Å². The van der Waals surface area contributed by atoms with Crippen molar-refractivity contribution in [1.82, 2.24) is 0 Å². The highest BCUT2D eigenvalue weighted by Crippen LogP contribution is 2.04. The normalized spacial score (nSPS) is 12.8. The Bertz CT molecular complexity index is 288. The number of rotatable bonds is 5. The van der Waals surface area contributed by atoms with Gasteiger partial charge in [0, 0.05) is 11.4 Å². The zero-order chi connectivity index (χ0) is 11.1. The molecule has 0 fully saturated rings. The van der Waals surface area contributed by atoms with E-state index in [1.165, 1.54) is 6.08 Å². The van der Waals surface area contributed by atoms with Gasteiger partial charge in [0.05, 0.1) is 5.57 Å². The molecule has 0 heterocycles. The quantitative estimate of drug-likeness (QED) is 0.416. The Hall–Kier alpha value is -1.38. The fraction of sp³-hybridized carbons (Fsp3) is 0.455. The van der Waals surface area contributed by atoms with Crippen LogP contribution in [0.1, 0.15) is 33.6 Å². The maximum absolute atomic E-state index is 10.5. The predicted octanol–water partition coefficient (Wildman–Crippen LogP) is 2.79. The second-order valence-corrected chi connectivity index (χ2v) is 3.21.